The summed E-state index contributed by atoms with van der Waals surface area (Å²) in [6.07, 6.45) is 1.71. The second kappa shape index (κ2) is 8.17. The summed E-state index contributed by atoms with van der Waals surface area (Å²) in [6, 6.07) is 9.98. The van der Waals surface area contributed by atoms with Gasteiger partial charge in [0.25, 0.3) is 5.91 Å². The molecule has 0 saturated heterocycles. The van der Waals surface area contributed by atoms with Crippen molar-refractivity contribution in [2.75, 3.05) is 19.1 Å². The highest BCUT2D eigenvalue weighted by Gasteiger charge is 2.25. The van der Waals surface area contributed by atoms with Gasteiger partial charge in [0.1, 0.15) is 0 Å². The standard InChI is InChI=1S/C19H16Cl2N2O3S/c1-11-10-22-19(27-11)23(13-5-7-16(25-2)17(9-13)26-3)18(24)14-6-4-12(20)8-15(14)21/h4-10H,1-3H3. The molecule has 5 nitrogen and oxygen atoms in total. The molecular formula is C19H16Cl2N2O3S. The summed E-state index contributed by atoms with van der Waals surface area (Å²) >= 11 is 13.6. The van der Waals surface area contributed by atoms with E-state index in [4.69, 9.17) is 32.7 Å². The van der Waals surface area contributed by atoms with Gasteiger partial charge in [-0.05, 0) is 37.3 Å². The Morgan fingerprint density at radius 1 is 1.07 bits per heavy atom. The number of hydrogen-bond acceptors (Lipinski definition) is 5. The molecule has 1 aromatic heterocycles. The van der Waals surface area contributed by atoms with E-state index >= 15 is 0 Å². The molecule has 0 aliphatic rings. The number of carbonyl (C=O) groups is 1. The lowest BCUT2D eigenvalue weighted by Gasteiger charge is -2.22. The third-order valence-electron chi connectivity index (χ3n) is 3.79. The molecule has 1 amide bonds. The molecule has 3 aromatic rings. The number of thiazole rings is 1. The first-order chi connectivity index (χ1) is 12.9. The first-order valence-electron chi connectivity index (χ1n) is 7.88. The molecule has 0 fully saturated rings. The fourth-order valence-corrected chi connectivity index (χ4v) is 3.78. The van der Waals surface area contributed by atoms with E-state index in [0.717, 1.165) is 4.88 Å². The Bertz CT molecular complexity index is 991. The number of halogens is 2. The third kappa shape index (κ3) is 4.03. The molecule has 140 valence electrons. The Kier molecular flexibility index (Phi) is 5.89. The highest BCUT2D eigenvalue weighted by Crippen LogP contribution is 2.37. The number of hydrogen-bond donors (Lipinski definition) is 0. The van der Waals surface area contributed by atoms with Crippen LogP contribution in [0.2, 0.25) is 10.0 Å². The van der Waals surface area contributed by atoms with Crippen LogP contribution in [0.5, 0.6) is 11.5 Å². The summed E-state index contributed by atoms with van der Waals surface area (Å²) in [6.45, 7) is 1.92. The van der Waals surface area contributed by atoms with Crippen molar-refractivity contribution in [1.82, 2.24) is 4.98 Å². The van der Waals surface area contributed by atoms with Gasteiger partial charge in [0.2, 0.25) is 0 Å². The fourth-order valence-electron chi connectivity index (χ4n) is 2.51. The van der Waals surface area contributed by atoms with Crippen LogP contribution < -0.4 is 14.4 Å². The quantitative estimate of drug-likeness (QED) is 0.524. The van der Waals surface area contributed by atoms with E-state index in [1.165, 1.54) is 29.4 Å². The predicted molar refractivity (Wildman–Crippen MR) is 109 cm³/mol. The lowest BCUT2D eigenvalue weighted by Crippen LogP contribution is -2.26. The van der Waals surface area contributed by atoms with Crippen molar-refractivity contribution in [2.24, 2.45) is 0 Å². The van der Waals surface area contributed by atoms with Crippen LogP contribution in [-0.4, -0.2) is 25.1 Å². The van der Waals surface area contributed by atoms with Gasteiger partial charge in [-0.15, -0.1) is 11.3 Å². The minimum atomic E-state index is -0.321. The monoisotopic (exact) mass is 422 g/mol. The van der Waals surface area contributed by atoms with E-state index in [9.17, 15) is 4.79 Å². The van der Waals surface area contributed by atoms with Crippen LogP contribution in [0.4, 0.5) is 10.8 Å². The number of benzene rings is 2. The number of aryl methyl sites for hydroxylation is 1. The van der Waals surface area contributed by atoms with Crippen molar-refractivity contribution in [1.29, 1.82) is 0 Å². The van der Waals surface area contributed by atoms with E-state index in [-0.39, 0.29) is 10.9 Å². The zero-order valence-electron chi connectivity index (χ0n) is 14.8. The lowest BCUT2D eigenvalue weighted by atomic mass is 10.1. The number of amides is 1. The summed E-state index contributed by atoms with van der Waals surface area (Å²) in [5.41, 5.74) is 0.904. The molecule has 0 N–H and O–H groups in total. The van der Waals surface area contributed by atoms with E-state index < -0.39 is 0 Å². The second-order valence-corrected chi connectivity index (χ2v) is 7.61. The highest BCUT2D eigenvalue weighted by atomic mass is 35.5. The highest BCUT2D eigenvalue weighted by molar-refractivity contribution is 7.15. The predicted octanol–water partition coefficient (Wildman–Crippen LogP) is 5.75. The van der Waals surface area contributed by atoms with Crippen molar-refractivity contribution < 1.29 is 14.3 Å². The molecule has 1 heterocycles. The van der Waals surface area contributed by atoms with Crippen molar-refractivity contribution in [3.63, 3.8) is 0 Å². The van der Waals surface area contributed by atoms with E-state index in [1.807, 2.05) is 6.92 Å². The molecule has 0 saturated carbocycles. The first-order valence-corrected chi connectivity index (χ1v) is 9.45. The normalized spacial score (nSPS) is 10.6. The summed E-state index contributed by atoms with van der Waals surface area (Å²) in [7, 11) is 3.09. The van der Waals surface area contributed by atoms with Crippen molar-refractivity contribution in [3.8, 4) is 11.5 Å². The lowest BCUT2D eigenvalue weighted by molar-refractivity contribution is 0.0999. The molecular weight excluding hydrogens is 407 g/mol. The number of aromatic nitrogens is 1. The molecule has 8 heteroatoms. The first kappa shape index (κ1) is 19.5. The second-order valence-electron chi connectivity index (χ2n) is 5.56. The SMILES string of the molecule is COc1ccc(N(C(=O)c2ccc(Cl)cc2Cl)c2ncc(C)s2)cc1OC. The zero-order chi connectivity index (χ0) is 19.6. The summed E-state index contributed by atoms with van der Waals surface area (Å²) < 4.78 is 10.7. The van der Waals surface area contributed by atoms with Crippen LogP contribution in [0.1, 0.15) is 15.2 Å². The Morgan fingerprint density at radius 3 is 2.41 bits per heavy atom. The van der Waals surface area contributed by atoms with Crippen molar-refractivity contribution >= 4 is 51.3 Å². The minimum absolute atomic E-state index is 0.270. The smallest absolute Gasteiger partial charge is 0.266 e. The largest absolute Gasteiger partial charge is 0.493 e. The number of carbonyl (C=O) groups excluding carboxylic acids is 1. The van der Waals surface area contributed by atoms with Crippen LogP contribution in [-0.2, 0) is 0 Å². The minimum Gasteiger partial charge on any atom is -0.493 e. The Hall–Kier alpha value is -2.28. The van der Waals surface area contributed by atoms with Gasteiger partial charge in [-0.1, -0.05) is 23.2 Å². The molecule has 0 unspecified atom stereocenters. The molecule has 0 spiro atoms. The molecule has 0 bridgehead atoms. The number of ether oxygens (including phenoxy) is 2. The maximum atomic E-state index is 13.3. The topological polar surface area (TPSA) is 51.7 Å². The molecule has 3 rings (SSSR count). The Labute approximate surface area is 171 Å². The maximum Gasteiger partial charge on any atom is 0.266 e. The summed E-state index contributed by atoms with van der Waals surface area (Å²) in [4.78, 5) is 20.2. The molecule has 0 aliphatic carbocycles. The Morgan fingerprint density at radius 2 is 1.81 bits per heavy atom. The van der Waals surface area contributed by atoms with Crippen LogP contribution >= 0.6 is 34.5 Å². The average Bonchev–Trinajstić information content (AvgIpc) is 3.07. The number of nitrogens with zero attached hydrogens (tertiary/aromatic N) is 2. The Balaban J connectivity index is 2.13. The molecule has 2 aromatic carbocycles. The van der Waals surface area contributed by atoms with Gasteiger partial charge < -0.3 is 9.47 Å². The maximum absolute atomic E-state index is 13.3. The van der Waals surface area contributed by atoms with E-state index in [2.05, 4.69) is 4.98 Å². The van der Waals surface area contributed by atoms with Gasteiger partial charge in [0, 0.05) is 22.2 Å². The van der Waals surface area contributed by atoms with Crippen LogP contribution in [0.25, 0.3) is 0 Å². The fraction of sp³-hybridized carbons (Fsp3) is 0.158. The van der Waals surface area contributed by atoms with E-state index in [0.29, 0.717) is 32.9 Å². The van der Waals surface area contributed by atoms with Gasteiger partial charge >= 0.3 is 0 Å². The molecule has 0 atom stereocenters. The van der Waals surface area contributed by atoms with Gasteiger partial charge in [-0.25, -0.2) is 4.98 Å². The third-order valence-corrected chi connectivity index (χ3v) is 5.24. The molecule has 0 radical (unpaired) electrons. The van der Waals surface area contributed by atoms with Gasteiger partial charge in [-0.3, -0.25) is 9.69 Å². The molecule has 0 aliphatic heterocycles. The van der Waals surface area contributed by atoms with Crippen LogP contribution in [0.15, 0.2) is 42.6 Å². The van der Waals surface area contributed by atoms with Crippen molar-refractivity contribution in [3.05, 3.63) is 63.1 Å². The summed E-state index contributed by atoms with van der Waals surface area (Å²) in [5.74, 6) is 0.745. The molecule has 27 heavy (non-hydrogen) atoms. The number of methoxy groups -OCH3 is 2. The zero-order valence-corrected chi connectivity index (χ0v) is 17.2. The van der Waals surface area contributed by atoms with E-state index in [1.54, 1.807) is 43.6 Å². The number of anilines is 2. The van der Waals surface area contributed by atoms with Crippen molar-refractivity contribution in [2.45, 2.75) is 6.92 Å². The van der Waals surface area contributed by atoms with Gasteiger partial charge in [0.15, 0.2) is 16.6 Å². The van der Waals surface area contributed by atoms with Gasteiger partial charge in [-0.2, -0.15) is 0 Å². The average molecular weight is 423 g/mol. The van der Waals surface area contributed by atoms with Gasteiger partial charge in [0.05, 0.1) is 30.5 Å². The summed E-state index contributed by atoms with van der Waals surface area (Å²) in [5, 5.41) is 1.25. The van der Waals surface area contributed by atoms with Crippen LogP contribution in [0.3, 0.4) is 0 Å². The van der Waals surface area contributed by atoms with Crippen LogP contribution in [0, 0.1) is 6.92 Å². The number of rotatable bonds is 5.